The monoisotopic (exact) mass is 855 g/mol. The standard InChI is InChI=1S/C49H53N5O7S/c1-4-59-47(60-5-2)35(3)54(32-37-34-62-43-29-19-18-28-41(37)43)46(57)42(51-45(56)33-61-53-48(58)50-31-36-20-10-6-11-21-36)30-44(55)52-49(38-22-12-7-13-23-38,39-24-14-8-15-25-39)40-26-16-9-17-27-40/h6-29,34-35,42,47H,4-5,30-33H2,1-3H3,(H,51,56)(H,52,55)(H2,50,53,58)/t35-,42-/m0/s1. The molecule has 0 bridgehead atoms. The summed E-state index contributed by atoms with van der Waals surface area (Å²) in [6.45, 7) is 5.90. The Morgan fingerprint density at radius 1 is 0.694 bits per heavy atom. The number of nitrogens with one attached hydrogen (secondary N) is 4. The zero-order chi connectivity index (χ0) is 43.7. The summed E-state index contributed by atoms with van der Waals surface area (Å²) in [5.74, 6) is -1.79. The van der Waals surface area contributed by atoms with Gasteiger partial charge in [0.2, 0.25) is 17.7 Å². The van der Waals surface area contributed by atoms with E-state index in [0.29, 0.717) is 13.2 Å². The van der Waals surface area contributed by atoms with Crippen molar-refractivity contribution in [1.29, 1.82) is 0 Å². The molecule has 322 valence electrons. The van der Waals surface area contributed by atoms with Gasteiger partial charge in [-0.05, 0) is 65.4 Å². The zero-order valence-electron chi connectivity index (χ0n) is 35.1. The zero-order valence-corrected chi connectivity index (χ0v) is 35.9. The van der Waals surface area contributed by atoms with E-state index in [1.807, 2.05) is 172 Å². The van der Waals surface area contributed by atoms with E-state index in [4.69, 9.17) is 14.3 Å². The third kappa shape index (κ3) is 11.5. The van der Waals surface area contributed by atoms with Crippen molar-refractivity contribution in [3.8, 4) is 0 Å². The van der Waals surface area contributed by atoms with Crippen molar-refractivity contribution >= 4 is 45.2 Å². The summed E-state index contributed by atoms with van der Waals surface area (Å²) in [6.07, 6.45) is -1.27. The van der Waals surface area contributed by atoms with Gasteiger partial charge in [0.15, 0.2) is 12.9 Å². The molecule has 0 aliphatic rings. The van der Waals surface area contributed by atoms with Gasteiger partial charge in [-0.15, -0.1) is 11.3 Å². The minimum atomic E-state index is -1.39. The van der Waals surface area contributed by atoms with Crippen LogP contribution < -0.4 is 21.4 Å². The molecule has 1 heterocycles. The molecule has 0 radical (unpaired) electrons. The van der Waals surface area contributed by atoms with Crippen LogP contribution in [0, 0.1) is 0 Å². The predicted octanol–water partition coefficient (Wildman–Crippen LogP) is 7.43. The summed E-state index contributed by atoms with van der Waals surface area (Å²) in [6, 6.07) is 43.4. The van der Waals surface area contributed by atoms with E-state index in [1.54, 1.807) is 16.2 Å². The van der Waals surface area contributed by atoms with Crippen LogP contribution in [0.3, 0.4) is 0 Å². The van der Waals surface area contributed by atoms with Gasteiger partial charge in [0.1, 0.15) is 11.6 Å². The first-order chi connectivity index (χ1) is 30.2. The summed E-state index contributed by atoms with van der Waals surface area (Å²) in [5.41, 5.74) is 5.17. The van der Waals surface area contributed by atoms with Gasteiger partial charge in [0.05, 0.1) is 12.5 Å². The maximum Gasteiger partial charge on any atom is 0.338 e. The van der Waals surface area contributed by atoms with Gasteiger partial charge >= 0.3 is 6.03 Å². The van der Waals surface area contributed by atoms with E-state index >= 15 is 4.79 Å². The first-order valence-electron chi connectivity index (χ1n) is 20.7. The maximum atomic E-state index is 15.2. The van der Waals surface area contributed by atoms with Gasteiger partial charge < -0.3 is 30.3 Å². The number of urea groups is 1. The Bertz CT molecular complexity index is 2250. The molecule has 5 amide bonds. The first kappa shape index (κ1) is 45.2. The number of amides is 5. The molecule has 0 unspecified atom stereocenters. The SMILES string of the molecule is CCOC(OCC)[C@H](C)N(Cc1csc2ccccc12)C(=O)[C@H](CC(=O)NC(c1ccccc1)(c1ccccc1)c1ccccc1)NC(=O)CONC(=O)NCc1ccccc1. The molecule has 2 atom stereocenters. The largest absolute Gasteiger partial charge is 0.351 e. The van der Waals surface area contributed by atoms with Gasteiger partial charge in [-0.1, -0.05) is 140 Å². The van der Waals surface area contributed by atoms with Crippen LogP contribution in [0.25, 0.3) is 10.1 Å². The van der Waals surface area contributed by atoms with E-state index in [9.17, 15) is 14.4 Å². The maximum absolute atomic E-state index is 15.2. The molecule has 12 nitrogen and oxygen atoms in total. The Hall–Kier alpha value is -6.38. The second-order valence-electron chi connectivity index (χ2n) is 14.5. The van der Waals surface area contributed by atoms with E-state index in [-0.39, 0.29) is 13.1 Å². The summed E-state index contributed by atoms with van der Waals surface area (Å²) < 4.78 is 13.1. The lowest BCUT2D eigenvalue weighted by molar-refractivity contribution is -0.180. The molecule has 13 heteroatoms. The molecule has 0 aliphatic heterocycles. The Morgan fingerprint density at radius 2 is 1.23 bits per heavy atom. The fourth-order valence-corrected chi connectivity index (χ4v) is 8.36. The molecule has 1 aromatic heterocycles. The Kier molecular flexibility index (Phi) is 16.4. The van der Waals surface area contributed by atoms with Crippen LogP contribution in [-0.4, -0.2) is 66.8 Å². The average Bonchev–Trinajstić information content (AvgIpc) is 3.72. The molecule has 0 aliphatic carbocycles. The van der Waals surface area contributed by atoms with Crippen LogP contribution in [0.15, 0.2) is 151 Å². The lowest BCUT2D eigenvalue weighted by Gasteiger charge is -2.38. The highest BCUT2D eigenvalue weighted by atomic mass is 32.1. The number of nitrogens with zero attached hydrogens (tertiary/aromatic N) is 1. The normalized spacial score (nSPS) is 12.3. The average molecular weight is 856 g/mol. The number of hydrogen-bond donors (Lipinski definition) is 4. The van der Waals surface area contributed by atoms with Crippen LogP contribution in [0.1, 0.15) is 55.0 Å². The molecular weight excluding hydrogens is 803 g/mol. The Labute approximate surface area is 366 Å². The quantitative estimate of drug-likeness (QED) is 0.0335. The highest BCUT2D eigenvalue weighted by molar-refractivity contribution is 7.17. The van der Waals surface area contributed by atoms with Gasteiger partial charge in [-0.25, -0.2) is 10.3 Å². The first-order valence-corrected chi connectivity index (χ1v) is 21.6. The van der Waals surface area contributed by atoms with Crippen molar-refractivity contribution in [3.63, 3.8) is 0 Å². The number of hydrogen-bond acceptors (Lipinski definition) is 8. The van der Waals surface area contributed by atoms with Gasteiger partial charge in [-0.3, -0.25) is 19.2 Å². The van der Waals surface area contributed by atoms with Crippen LogP contribution in [0.4, 0.5) is 4.79 Å². The Morgan fingerprint density at radius 3 is 1.79 bits per heavy atom. The number of carbonyl (C=O) groups is 4. The van der Waals surface area contributed by atoms with E-state index < -0.39 is 60.7 Å². The van der Waals surface area contributed by atoms with Crippen LogP contribution in [-0.2, 0) is 47.3 Å². The van der Waals surface area contributed by atoms with Crippen molar-refractivity contribution < 1.29 is 33.5 Å². The number of thiophene rings is 1. The number of benzene rings is 5. The molecule has 0 fully saturated rings. The van der Waals surface area contributed by atoms with E-state index in [2.05, 4.69) is 21.4 Å². The molecular formula is C49H53N5O7S. The van der Waals surface area contributed by atoms with Crippen molar-refractivity contribution in [2.75, 3.05) is 19.8 Å². The van der Waals surface area contributed by atoms with Crippen molar-refractivity contribution in [3.05, 3.63) is 179 Å². The molecule has 62 heavy (non-hydrogen) atoms. The second-order valence-corrected chi connectivity index (χ2v) is 15.4. The smallest absolute Gasteiger partial charge is 0.338 e. The molecule has 5 aromatic carbocycles. The van der Waals surface area contributed by atoms with Gasteiger partial charge in [0.25, 0.3) is 0 Å². The lowest BCUT2D eigenvalue weighted by Crippen LogP contribution is -2.57. The summed E-state index contributed by atoms with van der Waals surface area (Å²) >= 11 is 1.56. The van der Waals surface area contributed by atoms with Crippen LogP contribution in [0.5, 0.6) is 0 Å². The van der Waals surface area contributed by atoms with Crippen molar-refractivity contribution in [2.24, 2.45) is 0 Å². The minimum Gasteiger partial charge on any atom is -0.351 e. The highest BCUT2D eigenvalue weighted by Crippen LogP contribution is 2.37. The van der Waals surface area contributed by atoms with E-state index in [1.165, 1.54) is 0 Å². The van der Waals surface area contributed by atoms with Crippen molar-refractivity contribution in [1.82, 2.24) is 26.3 Å². The molecule has 0 spiro atoms. The van der Waals surface area contributed by atoms with Crippen LogP contribution in [0.2, 0.25) is 0 Å². The third-order valence-corrected chi connectivity index (χ3v) is 11.4. The number of ether oxygens (including phenoxy) is 2. The minimum absolute atomic E-state index is 0.135. The Balaban J connectivity index is 1.32. The molecule has 0 saturated heterocycles. The fraction of sp³-hybridized carbons (Fsp3) is 0.265. The molecule has 6 rings (SSSR count). The molecule has 6 aromatic rings. The molecule has 4 N–H and O–H groups in total. The predicted molar refractivity (Wildman–Crippen MR) is 241 cm³/mol. The summed E-state index contributed by atoms with van der Waals surface area (Å²) in [7, 11) is 0. The molecule has 0 saturated carbocycles. The highest BCUT2D eigenvalue weighted by Gasteiger charge is 2.40. The van der Waals surface area contributed by atoms with E-state index in [0.717, 1.165) is 37.9 Å². The number of fused-ring (bicyclic) bond motifs is 1. The number of rotatable bonds is 21. The lowest BCUT2D eigenvalue weighted by atomic mass is 9.77. The number of carbonyl (C=O) groups excluding carboxylic acids is 4. The summed E-state index contributed by atoms with van der Waals surface area (Å²) in [4.78, 5) is 63.1. The second kappa shape index (κ2) is 22.5. The summed E-state index contributed by atoms with van der Waals surface area (Å²) in [5, 5.41) is 11.7. The van der Waals surface area contributed by atoms with Gasteiger partial charge in [0, 0.05) is 31.0 Å². The third-order valence-electron chi connectivity index (χ3n) is 10.4. The van der Waals surface area contributed by atoms with Gasteiger partial charge in [-0.2, -0.15) is 0 Å². The van der Waals surface area contributed by atoms with Crippen molar-refractivity contribution in [2.45, 2.75) is 64.2 Å². The fourth-order valence-electron chi connectivity index (χ4n) is 7.41. The van der Waals surface area contributed by atoms with Crippen LogP contribution >= 0.6 is 11.3 Å². The topological polar surface area (TPSA) is 147 Å². The number of hydroxylamine groups is 1.